The molecule has 0 saturated carbocycles. The number of anilines is 1. The van der Waals surface area contributed by atoms with E-state index < -0.39 is 17.6 Å². The van der Waals surface area contributed by atoms with Gasteiger partial charge in [0.2, 0.25) is 11.8 Å². The summed E-state index contributed by atoms with van der Waals surface area (Å²) in [7, 11) is 0. The Hall–Kier alpha value is -3.85. The molecule has 1 unspecified atom stereocenters. The molecule has 0 radical (unpaired) electrons. The number of hydrogen-bond donors (Lipinski definition) is 2. The summed E-state index contributed by atoms with van der Waals surface area (Å²) in [6.45, 7) is 1.65. The summed E-state index contributed by atoms with van der Waals surface area (Å²) < 4.78 is 5.56. The van der Waals surface area contributed by atoms with E-state index >= 15 is 0 Å². The number of allylic oxidation sites excluding steroid dienone is 1. The fourth-order valence-corrected chi connectivity index (χ4v) is 4.33. The summed E-state index contributed by atoms with van der Waals surface area (Å²) in [5.74, 6) is -0.754. The number of hydrogen-bond acceptors (Lipinski definition) is 6. The highest BCUT2D eigenvalue weighted by molar-refractivity contribution is 6.30. The summed E-state index contributed by atoms with van der Waals surface area (Å²) in [5.41, 5.74) is 6.79. The number of amides is 3. The zero-order chi connectivity index (χ0) is 25.0. The molecule has 0 aliphatic carbocycles. The lowest BCUT2D eigenvalue weighted by Crippen LogP contribution is -2.45. The van der Waals surface area contributed by atoms with Crippen molar-refractivity contribution < 1.29 is 24.0 Å². The lowest BCUT2D eigenvalue weighted by atomic mass is 9.91. The number of nitrogens with zero attached hydrogens (tertiary/aromatic N) is 2. The minimum absolute atomic E-state index is 0.147. The van der Waals surface area contributed by atoms with Crippen molar-refractivity contribution in [2.45, 2.75) is 31.4 Å². The number of likely N-dealkylation sites (tertiary alicyclic amines) is 1. The van der Waals surface area contributed by atoms with Gasteiger partial charge in [0, 0.05) is 29.1 Å². The van der Waals surface area contributed by atoms with Gasteiger partial charge in [-0.15, -0.1) is 0 Å². The molecule has 1 fully saturated rings. The molecule has 2 atom stereocenters. The monoisotopic (exact) mass is 496 g/mol. The SMILES string of the molecule is CC=CC(=O)Nc1cccc(C2=NOC3(C2)C[C@@H](C(N)=O)N(C(=O)COc2ccc(Cl)cc2)C3)c1. The summed E-state index contributed by atoms with van der Waals surface area (Å²) >= 11 is 5.87. The van der Waals surface area contributed by atoms with Crippen LogP contribution in [0.25, 0.3) is 0 Å². The molecule has 10 heteroatoms. The van der Waals surface area contributed by atoms with Crippen molar-refractivity contribution in [3.63, 3.8) is 0 Å². The van der Waals surface area contributed by atoms with E-state index in [0.29, 0.717) is 28.6 Å². The van der Waals surface area contributed by atoms with Crippen LogP contribution < -0.4 is 15.8 Å². The molecule has 9 nitrogen and oxygen atoms in total. The van der Waals surface area contributed by atoms with E-state index in [1.807, 2.05) is 6.07 Å². The number of nitrogens with one attached hydrogen (secondary N) is 1. The minimum atomic E-state index is -0.866. The van der Waals surface area contributed by atoms with Crippen LogP contribution >= 0.6 is 11.6 Å². The summed E-state index contributed by atoms with van der Waals surface area (Å²) in [6.07, 6.45) is 3.69. The van der Waals surface area contributed by atoms with Crippen LogP contribution in [0.1, 0.15) is 25.3 Å². The van der Waals surface area contributed by atoms with Gasteiger partial charge in [0.1, 0.15) is 11.8 Å². The van der Waals surface area contributed by atoms with E-state index in [1.165, 1.54) is 11.0 Å². The Balaban J connectivity index is 1.43. The smallest absolute Gasteiger partial charge is 0.261 e. The topological polar surface area (TPSA) is 123 Å². The zero-order valence-corrected chi connectivity index (χ0v) is 19.8. The molecule has 0 aromatic heterocycles. The Bertz CT molecular complexity index is 1200. The maximum atomic E-state index is 12.9. The van der Waals surface area contributed by atoms with Gasteiger partial charge in [0.05, 0.1) is 12.3 Å². The van der Waals surface area contributed by atoms with Gasteiger partial charge >= 0.3 is 0 Å². The fourth-order valence-electron chi connectivity index (χ4n) is 4.21. The highest BCUT2D eigenvalue weighted by Gasteiger charge is 2.53. The lowest BCUT2D eigenvalue weighted by Gasteiger charge is -2.23. The van der Waals surface area contributed by atoms with Gasteiger partial charge in [0.15, 0.2) is 12.2 Å². The first-order chi connectivity index (χ1) is 16.8. The molecule has 4 rings (SSSR count). The second-order valence-corrected chi connectivity index (χ2v) is 8.88. The molecule has 2 heterocycles. The molecule has 1 spiro atoms. The number of carbonyl (C=O) groups is 3. The van der Waals surface area contributed by atoms with Crippen LogP contribution in [0.5, 0.6) is 5.75 Å². The summed E-state index contributed by atoms with van der Waals surface area (Å²) in [4.78, 5) is 44.1. The van der Waals surface area contributed by atoms with Crippen molar-refractivity contribution in [3.05, 3.63) is 71.3 Å². The molecule has 182 valence electrons. The highest BCUT2D eigenvalue weighted by Crippen LogP contribution is 2.39. The third-order valence-electron chi connectivity index (χ3n) is 5.85. The van der Waals surface area contributed by atoms with E-state index in [-0.39, 0.29) is 31.4 Å². The summed E-state index contributed by atoms with van der Waals surface area (Å²) in [6, 6.07) is 13.0. The Morgan fingerprint density at radius 3 is 2.77 bits per heavy atom. The Kier molecular flexibility index (Phi) is 7.07. The summed E-state index contributed by atoms with van der Waals surface area (Å²) in [5, 5.41) is 7.58. The van der Waals surface area contributed by atoms with Gasteiger partial charge in [-0.25, -0.2) is 0 Å². The van der Waals surface area contributed by atoms with E-state index in [0.717, 1.165) is 5.56 Å². The molecule has 35 heavy (non-hydrogen) atoms. The molecule has 0 bridgehead atoms. The van der Waals surface area contributed by atoms with E-state index in [9.17, 15) is 14.4 Å². The van der Waals surface area contributed by atoms with Crippen molar-refractivity contribution in [3.8, 4) is 5.75 Å². The third kappa shape index (κ3) is 5.63. The van der Waals surface area contributed by atoms with Gasteiger partial charge in [-0.2, -0.15) is 0 Å². The number of oxime groups is 1. The lowest BCUT2D eigenvalue weighted by molar-refractivity contribution is -0.139. The van der Waals surface area contributed by atoms with Gasteiger partial charge < -0.3 is 25.5 Å². The van der Waals surface area contributed by atoms with Crippen molar-refractivity contribution >= 4 is 40.7 Å². The average Bonchev–Trinajstić information content (AvgIpc) is 3.43. The first-order valence-electron chi connectivity index (χ1n) is 11.0. The number of nitrogens with two attached hydrogens (primary N) is 1. The van der Waals surface area contributed by atoms with Gasteiger partial charge in [0.25, 0.3) is 5.91 Å². The first-order valence-corrected chi connectivity index (χ1v) is 11.4. The number of carbonyl (C=O) groups excluding carboxylic acids is 3. The third-order valence-corrected chi connectivity index (χ3v) is 6.10. The van der Waals surface area contributed by atoms with Crippen LogP contribution in [-0.2, 0) is 19.2 Å². The van der Waals surface area contributed by atoms with Gasteiger partial charge in [-0.3, -0.25) is 14.4 Å². The molecule has 2 aromatic rings. The van der Waals surface area contributed by atoms with Crippen molar-refractivity contribution in [1.82, 2.24) is 4.90 Å². The van der Waals surface area contributed by atoms with Crippen LogP contribution in [0, 0.1) is 0 Å². The van der Waals surface area contributed by atoms with Crippen LogP contribution in [0.2, 0.25) is 5.02 Å². The number of ether oxygens (including phenoxy) is 1. The Morgan fingerprint density at radius 1 is 1.29 bits per heavy atom. The first kappa shape index (κ1) is 24.3. The normalized spacial score (nSPS) is 21.1. The quantitative estimate of drug-likeness (QED) is 0.570. The maximum Gasteiger partial charge on any atom is 0.261 e. The van der Waals surface area contributed by atoms with Crippen LogP contribution in [-0.4, -0.2) is 53.1 Å². The molecule has 2 aliphatic rings. The van der Waals surface area contributed by atoms with E-state index in [4.69, 9.17) is 26.9 Å². The maximum absolute atomic E-state index is 12.9. The average molecular weight is 497 g/mol. The van der Waals surface area contributed by atoms with E-state index in [1.54, 1.807) is 55.5 Å². The predicted octanol–water partition coefficient (Wildman–Crippen LogP) is 2.88. The standard InChI is InChI=1S/C25H25ClN4O5/c1-2-4-22(31)28-18-6-3-5-16(11-18)20-12-25(35-29-20)13-21(24(27)33)30(15-25)23(32)14-34-19-9-7-17(26)8-10-19/h2-11,21H,12-15H2,1H3,(H2,27,33)(H,28,31)/t21-,25?/m0/s1. The molecule has 2 aromatic carbocycles. The largest absolute Gasteiger partial charge is 0.484 e. The highest BCUT2D eigenvalue weighted by atomic mass is 35.5. The van der Waals surface area contributed by atoms with E-state index in [2.05, 4.69) is 10.5 Å². The Morgan fingerprint density at radius 2 is 2.06 bits per heavy atom. The second-order valence-electron chi connectivity index (χ2n) is 8.45. The predicted molar refractivity (Wildman–Crippen MR) is 131 cm³/mol. The molecular weight excluding hydrogens is 472 g/mol. The zero-order valence-electron chi connectivity index (χ0n) is 19.1. The molecule has 3 amide bonds. The molecule has 1 saturated heterocycles. The minimum Gasteiger partial charge on any atom is -0.484 e. The van der Waals surface area contributed by atoms with Crippen LogP contribution in [0.4, 0.5) is 5.69 Å². The van der Waals surface area contributed by atoms with Crippen molar-refractivity contribution in [2.75, 3.05) is 18.5 Å². The van der Waals surface area contributed by atoms with Crippen molar-refractivity contribution in [2.24, 2.45) is 10.9 Å². The molecular formula is C25H25ClN4O5. The molecule has 2 aliphatic heterocycles. The number of benzene rings is 2. The van der Waals surface area contributed by atoms with Crippen LogP contribution in [0.15, 0.2) is 65.8 Å². The van der Waals surface area contributed by atoms with Gasteiger partial charge in [-0.05, 0) is 49.4 Å². The van der Waals surface area contributed by atoms with Crippen LogP contribution in [0.3, 0.4) is 0 Å². The van der Waals surface area contributed by atoms with Gasteiger partial charge in [-0.1, -0.05) is 35.0 Å². The number of halogens is 1. The number of primary amides is 1. The number of rotatable bonds is 7. The fraction of sp³-hybridized carbons (Fsp3) is 0.280. The Labute approximate surface area is 207 Å². The molecule has 3 N–H and O–H groups in total. The second kappa shape index (κ2) is 10.2. The van der Waals surface area contributed by atoms with Crippen molar-refractivity contribution in [1.29, 1.82) is 0 Å².